The molecule has 0 saturated carbocycles. The molecule has 108 valence electrons. The molecule has 1 aromatic rings. The normalized spacial score (nSPS) is 20.3. The highest BCUT2D eigenvalue weighted by atomic mass is 35.5. The first-order valence-electron chi connectivity index (χ1n) is 6.30. The maximum Gasteiger partial charge on any atom is 0.230 e. The number of benzene rings is 1. The summed E-state index contributed by atoms with van der Waals surface area (Å²) < 4.78 is 23.2. The summed E-state index contributed by atoms with van der Waals surface area (Å²) in [5, 5.41) is 1.68. The molecular weight excluding hydrogens is 298 g/mol. The Hall–Kier alpha value is -1.33. The lowest BCUT2D eigenvalue weighted by molar-refractivity contribution is -0.121. The number of anilines is 1. The largest absolute Gasteiger partial charge is 0.304 e. The van der Waals surface area contributed by atoms with E-state index >= 15 is 0 Å². The molecule has 6 heteroatoms. The zero-order valence-corrected chi connectivity index (χ0v) is 12.9. The van der Waals surface area contributed by atoms with Crippen LogP contribution in [-0.4, -0.2) is 26.1 Å². The molecule has 20 heavy (non-hydrogen) atoms. The molecule has 0 aromatic heterocycles. The third kappa shape index (κ3) is 3.22. The predicted octanol–water partition coefficient (Wildman–Crippen LogP) is 2.64. The third-order valence-electron chi connectivity index (χ3n) is 3.06. The van der Waals surface area contributed by atoms with E-state index in [2.05, 4.69) is 0 Å². The fourth-order valence-electron chi connectivity index (χ4n) is 2.11. The average Bonchev–Trinajstić information content (AvgIpc) is 2.69. The maximum absolute atomic E-state index is 12.4. The first kappa shape index (κ1) is 15.1. The molecule has 4 nitrogen and oxygen atoms in total. The lowest BCUT2D eigenvalue weighted by Crippen LogP contribution is -2.43. The Morgan fingerprint density at radius 1 is 1.40 bits per heavy atom. The molecule has 0 bridgehead atoms. The molecule has 1 aromatic carbocycles. The minimum atomic E-state index is -3.23. The van der Waals surface area contributed by atoms with Gasteiger partial charge in [0.05, 0.1) is 11.8 Å². The van der Waals surface area contributed by atoms with Crippen LogP contribution in [0, 0.1) is 5.92 Å². The number of nitrogens with zero attached hydrogens (tertiary/aromatic N) is 1. The van der Waals surface area contributed by atoms with Gasteiger partial charge in [-0.3, -0.25) is 4.79 Å². The summed E-state index contributed by atoms with van der Waals surface area (Å²) in [7, 11) is -3.23. The molecule has 1 heterocycles. The van der Waals surface area contributed by atoms with E-state index < -0.39 is 15.9 Å². The van der Waals surface area contributed by atoms with Crippen LogP contribution in [0.4, 0.5) is 5.69 Å². The lowest BCUT2D eigenvalue weighted by Gasteiger charge is -2.29. The van der Waals surface area contributed by atoms with Crippen molar-refractivity contribution in [3.05, 3.63) is 40.8 Å². The van der Waals surface area contributed by atoms with Crippen molar-refractivity contribution in [3.8, 4) is 0 Å². The van der Waals surface area contributed by atoms with Gasteiger partial charge in [-0.25, -0.2) is 8.42 Å². The molecule has 0 N–H and O–H groups in total. The molecule has 0 aliphatic carbocycles. The van der Waals surface area contributed by atoms with Crippen molar-refractivity contribution >= 4 is 33.0 Å². The zero-order valence-electron chi connectivity index (χ0n) is 11.3. The van der Waals surface area contributed by atoms with Crippen molar-refractivity contribution in [2.75, 3.05) is 10.7 Å². The smallest absolute Gasteiger partial charge is 0.230 e. The summed E-state index contributed by atoms with van der Waals surface area (Å²) in [4.78, 5) is 13.9. The Morgan fingerprint density at radius 3 is 2.60 bits per heavy atom. The molecule has 0 spiro atoms. The van der Waals surface area contributed by atoms with Gasteiger partial charge in [-0.2, -0.15) is 0 Å². The number of carbonyl (C=O) groups excluding carboxylic acids is 1. The Morgan fingerprint density at radius 2 is 2.10 bits per heavy atom. The Bertz CT molecular complexity index is 652. The van der Waals surface area contributed by atoms with E-state index in [-0.39, 0.29) is 17.6 Å². The maximum atomic E-state index is 12.4. The first-order valence-corrected chi connectivity index (χ1v) is 8.39. The quantitative estimate of drug-likeness (QED) is 0.862. The number of halogens is 1. The minimum absolute atomic E-state index is 0.0853. The van der Waals surface area contributed by atoms with Gasteiger partial charge in [0.2, 0.25) is 5.91 Å². The second-order valence-corrected chi connectivity index (χ2v) is 7.44. The SMILES string of the molecule is CC(C)C(=O)N(c1cccc(Cl)c1)C1C=CS(=O)(=O)C1. The van der Waals surface area contributed by atoms with Crippen LogP contribution in [0.2, 0.25) is 5.02 Å². The van der Waals surface area contributed by atoms with Crippen molar-refractivity contribution < 1.29 is 13.2 Å². The molecule has 1 unspecified atom stereocenters. The van der Waals surface area contributed by atoms with E-state index in [1.54, 1.807) is 44.2 Å². The van der Waals surface area contributed by atoms with Crippen molar-refractivity contribution in [2.24, 2.45) is 5.92 Å². The van der Waals surface area contributed by atoms with Crippen molar-refractivity contribution in [1.29, 1.82) is 0 Å². The fraction of sp³-hybridized carbons (Fsp3) is 0.357. The van der Waals surface area contributed by atoms with Crippen LogP contribution in [0.3, 0.4) is 0 Å². The van der Waals surface area contributed by atoms with Gasteiger partial charge in [-0.15, -0.1) is 0 Å². The summed E-state index contributed by atoms with van der Waals surface area (Å²) in [6.07, 6.45) is 1.55. The van der Waals surface area contributed by atoms with Gasteiger partial charge in [0.15, 0.2) is 9.84 Å². The van der Waals surface area contributed by atoms with Crippen molar-refractivity contribution in [2.45, 2.75) is 19.9 Å². The van der Waals surface area contributed by atoms with Crippen molar-refractivity contribution in [3.63, 3.8) is 0 Å². The highest BCUT2D eigenvalue weighted by molar-refractivity contribution is 7.94. The van der Waals surface area contributed by atoms with E-state index in [1.165, 1.54) is 10.3 Å². The van der Waals surface area contributed by atoms with Gasteiger partial charge in [0.1, 0.15) is 0 Å². The van der Waals surface area contributed by atoms with Crippen molar-refractivity contribution in [1.82, 2.24) is 0 Å². The summed E-state index contributed by atoms with van der Waals surface area (Å²) >= 11 is 5.96. The van der Waals surface area contributed by atoms with Crippen LogP contribution in [0.1, 0.15) is 13.8 Å². The highest BCUT2D eigenvalue weighted by Gasteiger charge is 2.32. The zero-order chi connectivity index (χ0) is 14.9. The molecular formula is C14H16ClNO3S. The lowest BCUT2D eigenvalue weighted by atomic mass is 10.1. The van der Waals surface area contributed by atoms with Gasteiger partial charge in [-0.1, -0.05) is 31.5 Å². The van der Waals surface area contributed by atoms with E-state index in [4.69, 9.17) is 11.6 Å². The second-order valence-electron chi connectivity index (χ2n) is 5.07. The van der Waals surface area contributed by atoms with Gasteiger partial charge in [0.25, 0.3) is 0 Å². The fourth-order valence-corrected chi connectivity index (χ4v) is 3.56. The molecule has 1 aliphatic heterocycles. The molecule has 1 atom stereocenters. The van der Waals surface area contributed by atoms with Crippen LogP contribution in [-0.2, 0) is 14.6 Å². The minimum Gasteiger partial charge on any atom is -0.304 e. The Balaban J connectivity index is 2.41. The summed E-state index contributed by atoms with van der Waals surface area (Å²) in [6, 6.07) is 6.40. The van der Waals surface area contributed by atoms with Crippen LogP contribution in [0.25, 0.3) is 0 Å². The number of amides is 1. The molecule has 0 saturated heterocycles. The Kier molecular flexibility index (Phi) is 4.20. The van der Waals surface area contributed by atoms with Gasteiger partial charge in [-0.05, 0) is 24.3 Å². The van der Waals surface area contributed by atoms with E-state index in [0.717, 1.165) is 0 Å². The van der Waals surface area contributed by atoms with Gasteiger partial charge < -0.3 is 4.90 Å². The summed E-state index contributed by atoms with van der Waals surface area (Å²) in [6.45, 7) is 3.57. The molecule has 2 rings (SSSR count). The Labute approximate surface area is 124 Å². The van der Waals surface area contributed by atoms with Gasteiger partial charge in [0, 0.05) is 22.0 Å². The molecule has 0 fully saturated rings. The molecule has 1 aliphatic rings. The standard InChI is InChI=1S/C14H16ClNO3S/c1-10(2)14(17)16(12-5-3-4-11(15)8-12)13-6-7-20(18,19)9-13/h3-8,10,13H,9H2,1-2H3. The number of sulfone groups is 1. The summed E-state index contributed by atoms with van der Waals surface area (Å²) in [5.41, 5.74) is 0.614. The number of rotatable bonds is 3. The monoisotopic (exact) mass is 313 g/mol. The predicted molar refractivity (Wildman–Crippen MR) is 80.5 cm³/mol. The summed E-state index contributed by atoms with van der Waals surface area (Å²) in [5.74, 6) is -0.442. The van der Waals surface area contributed by atoms with Crippen LogP contribution < -0.4 is 4.90 Å². The average molecular weight is 314 g/mol. The second kappa shape index (κ2) is 5.58. The number of hydrogen-bond donors (Lipinski definition) is 0. The number of carbonyl (C=O) groups is 1. The highest BCUT2D eigenvalue weighted by Crippen LogP contribution is 2.26. The topological polar surface area (TPSA) is 54.5 Å². The van der Waals surface area contributed by atoms with Crippen LogP contribution in [0.15, 0.2) is 35.7 Å². The number of hydrogen-bond acceptors (Lipinski definition) is 3. The van der Waals surface area contributed by atoms with E-state index in [9.17, 15) is 13.2 Å². The van der Waals surface area contributed by atoms with E-state index in [0.29, 0.717) is 10.7 Å². The van der Waals surface area contributed by atoms with Crippen LogP contribution in [0.5, 0.6) is 0 Å². The molecule has 1 amide bonds. The van der Waals surface area contributed by atoms with Gasteiger partial charge >= 0.3 is 0 Å². The first-order chi connectivity index (χ1) is 9.30. The van der Waals surface area contributed by atoms with E-state index in [1.807, 2.05) is 0 Å². The van der Waals surface area contributed by atoms with Crippen LogP contribution >= 0.6 is 11.6 Å². The third-order valence-corrected chi connectivity index (χ3v) is 4.67. The molecule has 0 radical (unpaired) electrons.